The first-order valence-corrected chi connectivity index (χ1v) is 18.5. The Bertz CT molecular complexity index is 177. The fourth-order valence-electron chi connectivity index (χ4n) is 1.65. The third kappa shape index (κ3) is 12.0. The molecule has 0 radical (unpaired) electrons. The van der Waals surface area contributed by atoms with Gasteiger partial charge < -0.3 is 0 Å². The van der Waals surface area contributed by atoms with E-state index in [-0.39, 0.29) is 0 Å². The Morgan fingerprint density at radius 1 is 0.450 bits per heavy atom. The van der Waals surface area contributed by atoms with Crippen molar-refractivity contribution < 1.29 is 18.9 Å². The summed E-state index contributed by atoms with van der Waals surface area (Å²) < 4.78 is 27.7. The van der Waals surface area contributed by atoms with Crippen LogP contribution in [0.25, 0.3) is 0 Å². The topological polar surface area (TPSA) is 36.9 Å². The quantitative estimate of drug-likeness (QED) is 0.463. The van der Waals surface area contributed by atoms with Gasteiger partial charge in [-0.05, 0) is 0 Å². The van der Waals surface area contributed by atoms with Gasteiger partial charge in [0.1, 0.15) is 0 Å². The SMILES string of the molecule is C[Te+]1CCOCCOCC[Te+](C)CCOCCOCC1. The molecule has 1 aliphatic heterocycles. The van der Waals surface area contributed by atoms with Crippen molar-refractivity contribution >= 4 is 39.1 Å². The molecule has 1 heterocycles. The van der Waals surface area contributed by atoms with Gasteiger partial charge in [0.2, 0.25) is 0 Å². The number of ether oxygens (including phenoxy) is 4. The van der Waals surface area contributed by atoms with E-state index in [9.17, 15) is 0 Å². The number of hydrogen-bond acceptors (Lipinski definition) is 4. The van der Waals surface area contributed by atoms with Gasteiger partial charge in [0.25, 0.3) is 0 Å². The second-order valence-electron chi connectivity index (χ2n) is 4.83. The monoisotopic (exact) mass is 522 g/mol. The summed E-state index contributed by atoms with van der Waals surface area (Å²) in [6.45, 7) is 6.66. The van der Waals surface area contributed by atoms with E-state index >= 15 is 0 Å². The van der Waals surface area contributed by atoms with Crippen LogP contribution in [-0.4, -0.2) is 92.0 Å². The molecule has 120 valence electrons. The van der Waals surface area contributed by atoms with Crippen molar-refractivity contribution in [3.63, 3.8) is 0 Å². The molecule has 0 aromatic rings. The van der Waals surface area contributed by atoms with E-state index in [1.807, 2.05) is 0 Å². The average molecular weight is 518 g/mol. The van der Waals surface area contributed by atoms with E-state index in [4.69, 9.17) is 18.9 Å². The third-order valence-corrected chi connectivity index (χ3v) is 12.9. The molecule has 0 N–H and O–H groups in total. The van der Waals surface area contributed by atoms with E-state index < -0.39 is 39.1 Å². The standard InChI is InChI=1S/C14H30O4Te2/c1-19-11-7-15-3-5-17-9-13-20(2)14-10-18-6-4-16-8-12-19/h3-14H2,1-2H3/q+2. The summed E-state index contributed by atoms with van der Waals surface area (Å²) in [5, 5.41) is 0. The molecule has 0 bridgehead atoms. The van der Waals surface area contributed by atoms with Crippen LogP contribution < -0.4 is 0 Å². The predicted octanol–water partition coefficient (Wildman–Crippen LogP) is 2.32. The van der Waals surface area contributed by atoms with Gasteiger partial charge in [-0.2, -0.15) is 0 Å². The molecule has 1 aliphatic rings. The zero-order valence-corrected chi connectivity index (χ0v) is 17.6. The van der Waals surface area contributed by atoms with Gasteiger partial charge in [-0.3, -0.25) is 0 Å². The van der Waals surface area contributed by atoms with E-state index in [1.165, 1.54) is 17.9 Å². The van der Waals surface area contributed by atoms with Gasteiger partial charge in [-0.15, -0.1) is 0 Å². The molecule has 0 amide bonds. The molecule has 0 aromatic heterocycles. The van der Waals surface area contributed by atoms with E-state index in [2.05, 4.69) is 9.94 Å². The first-order valence-electron chi connectivity index (χ1n) is 7.28. The summed E-state index contributed by atoms with van der Waals surface area (Å²) in [6, 6.07) is 0. The Balaban J connectivity index is 2.16. The third-order valence-electron chi connectivity index (χ3n) is 3.05. The Morgan fingerprint density at radius 3 is 0.950 bits per heavy atom. The molecule has 0 aliphatic carbocycles. The molecule has 1 rings (SSSR count). The van der Waals surface area contributed by atoms with E-state index in [1.54, 1.807) is 0 Å². The number of hydrogen-bond donors (Lipinski definition) is 0. The van der Waals surface area contributed by atoms with Crippen molar-refractivity contribution in [2.45, 2.75) is 27.8 Å². The van der Waals surface area contributed by atoms with Gasteiger partial charge >= 0.3 is 139 Å². The average Bonchev–Trinajstić information content (AvgIpc) is 2.43. The molecule has 6 heteroatoms. The normalized spacial score (nSPS) is 24.9. The van der Waals surface area contributed by atoms with Crippen molar-refractivity contribution in [2.24, 2.45) is 0 Å². The zero-order valence-electron chi connectivity index (χ0n) is 12.9. The predicted molar refractivity (Wildman–Crippen MR) is 85.7 cm³/mol. The van der Waals surface area contributed by atoms with Crippen molar-refractivity contribution in [3.8, 4) is 0 Å². The van der Waals surface area contributed by atoms with Crippen LogP contribution in [0.4, 0.5) is 0 Å². The Morgan fingerprint density at radius 2 is 0.700 bits per heavy atom. The molecule has 0 aromatic carbocycles. The molecule has 20 heavy (non-hydrogen) atoms. The van der Waals surface area contributed by atoms with Crippen LogP contribution in [0.3, 0.4) is 0 Å². The summed E-state index contributed by atoms with van der Waals surface area (Å²) in [5.41, 5.74) is 0. The van der Waals surface area contributed by atoms with Crippen LogP contribution in [0.15, 0.2) is 0 Å². The summed E-state index contributed by atoms with van der Waals surface area (Å²) in [4.78, 5) is 4.85. The Labute approximate surface area is 138 Å². The Kier molecular flexibility index (Phi) is 13.7. The van der Waals surface area contributed by atoms with Crippen LogP contribution in [0.1, 0.15) is 0 Å². The van der Waals surface area contributed by atoms with Gasteiger partial charge in [-0.1, -0.05) is 0 Å². The van der Waals surface area contributed by atoms with Crippen LogP contribution in [0.2, 0.25) is 27.8 Å². The molecule has 0 spiro atoms. The van der Waals surface area contributed by atoms with Crippen LogP contribution >= 0.6 is 0 Å². The summed E-state index contributed by atoms with van der Waals surface area (Å²) in [7, 11) is 0. The minimum atomic E-state index is -0.940. The number of rotatable bonds is 0. The summed E-state index contributed by atoms with van der Waals surface area (Å²) in [5.74, 6) is 0. The Hall–Kier alpha value is 1.42. The molecule has 0 atom stereocenters. The first-order chi connectivity index (χ1) is 9.79. The van der Waals surface area contributed by atoms with Gasteiger partial charge in [-0.25, -0.2) is 0 Å². The van der Waals surface area contributed by atoms with Crippen LogP contribution in [0.5, 0.6) is 0 Å². The molecule has 4 nitrogen and oxygen atoms in total. The maximum atomic E-state index is 5.65. The molecule has 0 saturated carbocycles. The molecular weight excluding hydrogens is 487 g/mol. The molecular formula is C14H30O4Te2+2. The van der Waals surface area contributed by atoms with Crippen molar-refractivity contribution in [2.75, 3.05) is 52.9 Å². The van der Waals surface area contributed by atoms with Gasteiger partial charge in [0, 0.05) is 0 Å². The summed E-state index contributed by atoms with van der Waals surface area (Å²) in [6.07, 6.45) is 0. The molecule has 1 fully saturated rings. The van der Waals surface area contributed by atoms with Crippen molar-refractivity contribution in [3.05, 3.63) is 0 Å². The fraction of sp³-hybridized carbons (Fsp3) is 1.00. The molecule has 0 unspecified atom stereocenters. The van der Waals surface area contributed by atoms with Gasteiger partial charge in [0.05, 0.1) is 0 Å². The first kappa shape index (κ1) is 19.5. The maximum absolute atomic E-state index is 5.65. The summed E-state index contributed by atoms with van der Waals surface area (Å²) >= 11 is -1.88. The van der Waals surface area contributed by atoms with Crippen LogP contribution in [-0.2, 0) is 18.9 Å². The second kappa shape index (κ2) is 14.0. The minimum absolute atomic E-state index is 0.755. The van der Waals surface area contributed by atoms with E-state index in [0.29, 0.717) is 0 Å². The fourth-order valence-corrected chi connectivity index (χ4v) is 7.41. The van der Waals surface area contributed by atoms with Gasteiger partial charge in [0.15, 0.2) is 0 Å². The van der Waals surface area contributed by atoms with E-state index in [0.717, 1.165) is 52.9 Å². The van der Waals surface area contributed by atoms with Crippen molar-refractivity contribution in [1.82, 2.24) is 0 Å². The van der Waals surface area contributed by atoms with Crippen molar-refractivity contribution in [1.29, 1.82) is 0 Å². The second-order valence-corrected chi connectivity index (χ2v) is 18.4. The van der Waals surface area contributed by atoms with Crippen LogP contribution in [0, 0.1) is 0 Å². The zero-order chi connectivity index (χ0) is 14.5. The molecule has 1 saturated heterocycles.